The molecule has 9 nitrogen and oxygen atoms in total. The Kier molecular flexibility index (Phi) is 8.28. The van der Waals surface area contributed by atoms with E-state index in [1.54, 1.807) is 6.20 Å². The van der Waals surface area contributed by atoms with Crippen LogP contribution in [0.2, 0.25) is 0 Å². The van der Waals surface area contributed by atoms with Gasteiger partial charge in [0.15, 0.2) is 0 Å². The molecule has 0 unspecified atom stereocenters. The van der Waals surface area contributed by atoms with Crippen LogP contribution in [0.25, 0.3) is 0 Å². The third-order valence-corrected chi connectivity index (χ3v) is 6.97. The van der Waals surface area contributed by atoms with Gasteiger partial charge in [-0.2, -0.15) is 4.31 Å². The zero-order valence-electron chi connectivity index (χ0n) is 17.8. The van der Waals surface area contributed by atoms with Crippen molar-refractivity contribution in [3.8, 4) is 0 Å². The zero-order valence-corrected chi connectivity index (χ0v) is 18.7. The summed E-state index contributed by atoms with van der Waals surface area (Å²) >= 11 is 0. The van der Waals surface area contributed by atoms with Crippen LogP contribution in [0.1, 0.15) is 16.8 Å². The fourth-order valence-corrected chi connectivity index (χ4v) is 4.67. The lowest BCUT2D eigenvalue weighted by Gasteiger charge is -2.34. The maximum Gasteiger partial charge on any atom is 0.254 e. The number of pyridine rings is 1. The van der Waals surface area contributed by atoms with Crippen molar-refractivity contribution < 1.29 is 26.8 Å². The summed E-state index contributed by atoms with van der Waals surface area (Å²) < 4.78 is 53.0. The molecule has 1 saturated heterocycles. The highest BCUT2D eigenvalue weighted by atomic mass is 32.2. The maximum absolute atomic E-state index is 13.6. The number of benzene rings is 1. The van der Waals surface area contributed by atoms with Crippen molar-refractivity contribution >= 4 is 27.7 Å². The predicted molar refractivity (Wildman–Crippen MR) is 118 cm³/mol. The average Bonchev–Trinajstić information content (AvgIpc) is 2.79. The first-order valence-electron chi connectivity index (χ1n) is 10.4. The summed E-state index contributed by atoms with van der Waals surface area (Å²) in [5, 5.41) is 4.87. The Labute approximate surface area is 190 Å². The monoisotopic (exact) mass is 481 g/mol. The van der Waals surface area contributed by atoms with Crippen LogP contribution < -0.4 is 15.5 Å². The van der Waals surface area contributed by atoms with Crippen molar-refractivity contribution in [2.45, 2.75) is 6.42 Å². The molecule has 0 radical (unpaired) electrons. The molecule has 33 heavy (non-hydrogen) atoms. The second kappa shape index (κ2) is 11.1. The van der Waals surface area contributed by atoms with E-state index >= 15 is 0 Å². The van der Waals surface area contributed by atoms with Crippen LogP contribution in [-0.2, 0) is 14.8 Å². The molecular formula is C21H25F2N5O4S. The summed E-state index contributed by atoms with van der Waals surface area (Å²) in [7, 11) is -3.53. The van der Waals surface area contributed by atoms with Crippen LogP contribution in [-0.4, -0.2) is 74.5 Å². The molecule has 0 spiro atoms. The molecule has 178 valence electrons. The van der Waals surface area contributed by atoms with Crippen LogP contribution in [0.5, 0.6) is 0 Å². The van der Waals surface area contributed by atoms with Crippen molar-refractivity contribution in [2.24, 2.45) is 0 Å². The molecule has 0 bridgehead atoms. The number of aromatic nitrogens is 1. The predicted octanol–water partition coefficient (Wildman–Crippen LogP) is 0.748. The van der Waals surface area contributed by atoms with Gasteiger partial charge in [0, 0.05) is 58.0 Å². The zero-order chi connectivity index (χ0) is 23.8. The van der Waals surface area contributed by atoms with E-state index in [4.69, 9.17) is 0 Å². The minimum absolute atomic E-state index is 0.0673. The first-order valence-corrected chi connectivity index (χ1v) is 12.0. The van der Waals surface area contributed by atoms with Gasteiger partial charge in [-0.1, -0.05) is 6.07 Å². The fourth-order valence-electron chi connectivity index (χ4n) is 3.33. The van der Waals surface area contributed by atoms with Gasteiger partial charge in [0.2, 0.25) is 15.9 Å². The van der Waals surface area contributed by atoms with E-state index in [1.165, 1.54) is 4.31 Å². The van der Waals surface area contributed by atoms with Gasteiger partial charge in [-0.05, 0) is 24.3 Å². The topological polar surface area (TPSA) is 112 Å². The molecule has 12 heteroatoms. The molecule has 2 N–H and O–H groups in total. The second-order valence-electron chi connectivity index (χ2n) is 7.37. The minimum atomic E-state index is -3.53. The van der Waals surface area contributed by atoms with Crippen LogP contribution in [0.3, 0.4) is 0 Å². The Morgan fingerprint density at radius 1 is 1.00 bits per heavy atom. The molecule has 1 aromatic heterocycles. The number of nitrogens with one attached hydrogen (secondary N) is 2. The number of hydrogen-bond donors (Lipinski definition) is 2. The average molecular weight is 482 g/mol. The van der Waals surface area contributed by atoms with E-state index in [1.807, 2.05) is 23.1 Å². The Morgan fingerprint density at radius 3 is 2.42 bits per heavy atom. The van der Waals surface area contributed by atoms with E-state index in [0.717, 1.165) is 18.0 Å². The highest BCUT2D eigenvalue weighted by molar-refractivity contribution is 7.89. The first-order chi connectivity index (χ1) is 15.8. The Hall–Kier alpha value is -3.12. The molecule has 0 atom stereocenters. The molecule has 1 fully saturated rings. The molecule has 2 amide bonds. The molecule has 2 heterocycles. The number of rotatable bonds is 9. The fraction of sp³-hybridized carbons (Fsp3) is 0.381. The summed E-state index contributed by atoms with van der Waals surface area (Å²) in [4.78, 5) is 30.1. The van der Waals surface area contributed by atoms with Crippen molar-refractivity contribution in [3.05, 3.63) is 59.8 Å². The van der Waals surface area contributed by atoms with Gasteiger partial charge in [0.1, 0.15) is 17.5 Å². The minimum Gasteiger partial charge on any atom is -0.355 e. The third kappa shape index (κ3) is 6.93. The van der Waals surface area contributed by atoms with Crippen LogP contribution in [0.15, 0.2) is 42.6 Å². The smallest absolute Gasteiger partial charge is 0.254 e. The van der Waals surface area contributed by atoms with Gasteiger partial charge >= 0.3 is 0 Å². The normalized spacial score (nSPS) is 14.7. The van der Waals surface area contributed by atoms with E-state index in [2.05, 4.69) is 15.6 Å². The molecular weight excluding hydrogens is 456 g/mol. The van der Waals surface area contributed by atoms with Gasteiger partial charge < -0.3 is 15.5 Å². The highest BCUT2D eigenvalue weighted by Gasteiger charge is 2.27. The Bertz CT molecular complexity index is 1080. The van der Waals surface area contributed by atoms with Gasteiger partial charge in [0.25, 0.3) is 5.91 Å². The van der Waals surface area contributed by atoms with Gasteiger partial charge in [-0.25, -0.2) is 22.2 Å². The summed E-state index contributed by atoms with van der Waals surface area (Å²) in [5.41, 5.74) is -0.328. The van der Waals surface area contributed by atoms with E-state index in [0.29, 0.717) is 32.2 Å². The van der Waals surface area contributed by atoms with E-state index in [-0.39, 0.29) is 30.8 Å². The number of sulfonamides is 1. The van der Waals surface area contributed by atoms with Gasteiger partial charge in [0.05, 0.1) is 11.3 Å². The molecule has 1 aromatic carbocycles. The summed E-state index contributed by atoms with van der Waals surface area (Å²) in [5.74, 6) is -2.46. The molecule has 1 aliphatic rings. The van der Waals surface area contributed by atoms with Crippen molar-refractivity contribution in [2.75, 3.05) is 49.9 Å². The maximum atomic E-state index is 13.6. The van der Waals surface area contributed by atoms with Crippen molar-refractivity contribution in [3.63, 3.8) is 0 Å². The first kappa shape index (κ1) is 24.5. The van der Waals surface area contributed by atoms with Crippen molar-refractivity contribution in [1.29, 1.82) is 0 Å². The van der Waals surface area contributed by atoms with Crippen molar-refractivity contribution in [1.82, 2.24) is 19.9 Å². The quantitative estimate of drug-likeness (QED) is 0.547. The van der Waals surface area contributed by atoms with E-state index in [9.17, 15) is 26.8 Å². The van der Waals surface area contributed by atoms with Crippen LogP contribution in [0, 0.1) is 11.6 Å². The molecule has 1 aliphatic heterocycles. The number of halogens is 2. The SMILES string of the molecule is O=C(CCNC(=O)c1ccc(F)cc1F)NCCS(=O)(=O)N1CCN(c2ccccn2)CC1. The molecule has 0 aliphatic carbocycles. The second-order valence-corrected chi connectivity index (χ2v) is 9.46. The number of anilines is 1. The lowest BCUT2D eigenvalue weighted by Crippen LogP contribution is -2.50. The number of carbonyl (C=O) groups excluding carboxylic acids is 2. The number of hydrogen-bond acceptors (Lipinski definition) is 6. The summed E-state index contributed by atoms with van der Waals surface area (Å²) in [6.45, 7) is 1.57. The van der Waals surface area contributed by atoms with Gasteiger partial charge in [-0.3, -0.25) is 9.59 Å². The highest BCUT2D eigenvalue weighted by Crippen LogP contribution is 2.14. The number of amides is 2. The third-order valence-electron chi connectivity index (χ3n) is 5.10. The lowest BCUT2D eigenvalue weighted by molar-refractivity contribution is -0.120. The number of piperazine rings is 1. The van der Waals surface area contributed by atoms with Gasteiger partial charge in [-0.15, -0.1) is 0 Å². The number of nitrogens with zero attached hydrogens (tertiary/aromatic N) is 3. The van der Waals surface area contributed by atoms with Crippen LogP contribution in [0.4, 0.5) is 14.6 Å². The lowest BCUT2D eigenvalue weighted by atomic mass is 10.2. The molecule has 2 aromatic rings. The largest absolute Gasteiger partial charge is 0.355 e. The molecule has 0 saturated carbocycles. The van der Waals surface area contributed by atoms with Crippen LogP contribution >= 0.6 is 0 Å². The summed E-state index contributed by atoms with van der Waals surface area (Å²) in [6, 6.07) is 8.14. The standard InChI is InChI=1S/C21H25F2N5O4S/c22-16-4-5-17(18(23)15-16)21(30)26-8-6-20(29)25-9-14-33(31,32)28-12-10-27(11-13-28)19-3-1-2-7-24-19/h1-5,7,15H,6,8-14H2,(H,25,29)(H,26,30). The number of carbonyl (C=O) groups is 2. The Balaban J connectivity index is 1.35. The van der Waals surface area contributed by atoms with E-state index < -0.39 is 33.5 Å². The molecule has 3 rings (SSSR count). The Morgan fingerprint density at radius 2 is 1.76 bits per heavy atom. The summed E-state index contributed by atoms with van der Waals surface area (Å²) in [6.07, 6.45) is 1.57.